The first kappa shape index (κ1) is 20.6. The van der Waals surface area contributed by atoms with Gasteiger partial charge in [-0.1, -0.05) is 6.92 Å². The van der Waals surface area contributed by atoms with Crippen LogP contribution in [-0.4, -0.2) is 36.2 Å². The van der Waals surface area contributed by atoms with Gasteiger partial charge in [-0.3, -0.25) is 14.4 Å². The molecular weight excluding hydrogens is 370 g/mol. The van der Waals surface area contributed by atoms with E-state index in [4.69, 9.17) is 4.74 Å². The average Bonchev–Trinajstić information content (AvgIpc) is 3.05. The second kappa shape index (κ2) is 8.51. The van der Waals surface area contributed by atoms with Gasteiger partial charge in [0.25, 0.3) is 5.91 Å². The summed E-state index contributed by atoms with van der Waals surface area (Å²) >= 11 is 0. The molecule has 0 unspecified atom stereocenters. The highest BCUT2D eigenvalue weighted by Crippen LogP contribution is 2.34. The fraction of sp³-hybridized carbons (Fsp3) is 0.409. The molecular formula is C22H27N3O4. The molecule has 1 saturated heterocycles. The van der Waals surface area contributed by atoms with Crippen molar-refractivity contribution in [3.05, 3.63) is 40.7 Å². The van der Waals surface area contributed by atoms with Crippen LogP contribution in [0.5, 0.6) is 5.75 Å². The van der Waals surface area contributed by atoms with Gasteiger partial charge in [0.05, 0.1) is 12.8 Å². The number of carbonyl (C=O) groups excluding carboxylic acids is 3. The van der Waals surface area contributed by atoms with E-state index in [9.17, 15) is 14.4 Å². The molecule has 154 valence electrons. The molecule has 0 atom stereocenters. The molecule has 1 fully saturated rings. The third kappa shape index (κ3) is 4.04. The van der Waals surface area contributed by atoms with Gasteiger partial charge in [0.2, 0.25) is 5.91 Å². The highest BCUT2D eigenvalue weighted by molar-refractivity contribution is 6.08. The maximum Gasteiger partial charge on any atom is 0.272 e. The number of nitrogens with zero attached hydrogens (tertiary/aromatic N) is 1. The molecule has 29 heavy (non-hydrogen) atoms. The van der Waals surface area contributed by atoms with Crippen molar-refractivity contribution >= 4 is 29.0 Å². The highest BCUT2D eigenvalue weighted by Gasteiger charge is 2.24. The largest absolute Gasteiger partial charge is 0.495 e. The van der Waals surface area contributed by atoms with Crippen LogP contribution < -0.4 is 15.0 Å². The number of hydrogen-bond acceptors (Lipinski definition) is 4. The van der Waals surface area contributed by atoms with E-state index in [1.807, 2.05) is 6.92 Å². The second-order valence-electron chi connectivity index (χ2n) is 7.23. The van der Waals surface area contributed by atoms with Crippen molar-refractivity contribution in [1.82, 2.24) is 4.98 Å². The first-order chi connectivity index (χ1) is 13.9. The monoisotopic (exact) mass is 397 g/mol. The number of benzene rings is 1. The molecule has 2 aromatic rings. The minimum absolute atomic E-state index is 0.0531. The maximum absolute atomic E-state index is 12.9. The van der Waals surface area contributed by atoms with Gasteiger partial charge in [-0.2, -0.15) is 0 Å². The van der Waals surface area contributed by atoms with Gasteiger partial charge in [0, 0.05) is 29.9 Å². The van der Waals surface area contributed by atoms with Crippen LogP contribution in [0.1, 0.15) is 65.2 Å². The molecule has 3 rings (SSSR count). The van der Waals surface area contributed by atoms with Crippen molar-refractivity contribution in [1.29, 1.82) is 0 Å². The number of H-pyrrole nitrogens is 1. The number of piperidine rings is 1. The van der Waals surface area contributed by atoms with Gasteiger partial charge in [-0.15, -0.1) is 0 Å². The van der Waals surface area contributed by atoms with Crippen LogP contribution in [0.3, 0.4) is 0 Å². The number of hydrogen-bond donors (Lipinski definition) is 2. The topological polar surface area (TPSA) is 91.5 Å². The summed E-state index contributed by atoms with van der Waals surface area (Å²) < 4.78 is 5.42. The first-order valence-electron chi connectivity index (χ1n) is 9.89. The van der Waals surface area contributed by atoms with Crippen molar-refractivity contribution in [3.8, 4) is 5.75 Å². The number of ether oxygens (including phenoxy) is 1. The van der Waals surface area contributed by atoms with Crippen LogP contribution in [0.15, 0.2) is 18.2 Å². The predicted molar refractivity (Wildman–Crippen MR) is 112 cm³/mol. The summed E-state index contributed by atoms with van der Waals surface area (Å²) in [7, 11) is 1.56. The lowest BCUT2D eigenvalue weighted by molar-refractivity contribution is -0.119. The van der Waals surface area contributed by atoms with Crippen LogP contribution in [0.4, 0.5) is 11.4 Å². The Bertz CT molecular complexity index is 961. The lowest BCUT2D eigenvalue weighted by Gasteiger charge is -2.28. The van der Waals surface area contributed by atoms with E-state index in [1.54, 1.807) is 37.1 Å². The summed E-state index contributed by atoms with van der Waals surface area (Å²) in [4.78, 5) is 42.0. The molecule has 2 amide bonds. The van der Waals surface area contributed by atoms with Gasteiger partial charge in [0.1, 0.15) is 11.4 Å². The Balaban J connectivity index is 1.92. The van der Waals surface area contributed by atoms with E-state index in [0.717, 1.165) is 12.8 Å². The standard InChI is InChI=1S/C22H27N3O4/c1-5-16-20(14(3)26)13(2)23-21(16)22(28)24-15-9-10-18(29-4)17(12-15)25-11-7-6-8-19(25)27/h9-10,12,23H,5-8,11H2,1-4H3,(H,24,28). The molecule has 0 saturated carbocycles. The van der Waals surface area contributed by atoms with Gasteiger partial charge < -0.3 is 19.9 Å². The van der Waals surface area contributed by atoms with E-state index in [2.05, 4.69) is 10.3 Å². The maximum atomic E-state index is 12.9. The minimum atomic E-state index is -0.321. The molecule has 0 aliphatic carbocycles. The molecule has 0 spiro atoms. The lowest BCUT2D eigenvalue weighted by atomic mass is 10.0. The molecule has 0 bridgehead atoms. The number of aromatic nitrogens is 1. The van der Waals surface area contributed by atoms with Gasteiger partial charge in [-0.05, 0) is 56.9 Å². The number of anilines is 2. The molecule has 7 heteroatoms. The quantitative estimate of drug-likeness (QED) is 0.724. The lowest BCUT2D eigenvalue weighted by Crippen LogP contribution is -2.35. The van der Waals surface area contributed by atoms with E-state index in [0.29, 0.717) is 59.0 Å². The number of nitrogens with one attached hydrogen (secondary N) is 2. The molecule has 1 aromatic heterocycles. The van der Waals surface area contributed by atoms with E-state index in [-0.39, 0.29) is 17.6 Å². The number of carbonyl (C=O) groups is 3. The summed E-state index contributed by atoms with van der Waals surface area (Å²) in [6.07, 6.45) is 2.90. The molecule has 2 N–H and O–H groups in total. The number of aryl methyl sites for hydroxylation is 1. The molecule has 7 nitrogen and oxygen atoms in total. The predicted octanol–water partition coefficient (Wildman–Crippen LogP) is 3.87. The van der Waals surface area contributed by atoms with Crippen molar-refractivity contribution in [2.75, 3.05) is 23.9 Å². The fourth-order valence-corrected chi connectivity index (χ4v) is 3.93. The Morgan fingerprint density at radius 2 is 2.03 bits per heavy atom. The summed E-state index contributed by atoms with van der Waals surface area (Å²) in [6, 6.07) is 5.24. The normalized spacial score (nSPS) is 14.1. The Kier molecular flexibility index (Phi) is 6.06. The number of methoxy groups -OCH3 is 1. The van der Waals surface area contributed by atoms with Gasteiger partial charge in [0.15, 0.2) is 5.78 Å². The summed E-state index contributed by atoms with van der Waals surface area (Å²) in [5, 5.41) is 2.88. The van der Waals surface area contributed by atoms with Crippen LogP contribution in [-0.2, 0) is 11.2 Å². The van der Waals surface area contributed by atoms with Crippen LogP contribution in [0.25, 0.3) is 0 Å². The number of aromatic amines is 1. The van der Waals surface area contributed by atoms with Crippen molar-refractivity contribution < 1.29 is 19.1 Å². The van der Waals surface area contributed by atoms with E-state index < -0.39 is 0 Å². The van der Waals surface area contributed by atoms with Gasteiger partial charge >= 0.3 is 0 Å². The summed E-state index contributed by atoms with van der Waals surface area (Å²) in [6.45, 7) is 5.84. The van der Waals surface area contributed by atoms with E-state index >= 15 is 0 Å². The van der Waals surface area contributed by atoms with Crippen LogP contribution in [0, 0.1) is 6.92 Å². The first-order valence-corrected chi connectivity index (χ1v) is 9.89. The highest BCUT2D eigenvalue weighted by atomic mass is 16.5. The zero-order valence-corrected chi connectivity index (χ0v) is 17.3. The average molecular weight is 397 g/mol. The third-order valence-corrected chi connectivity index (χ3v) is 5.27. The molecule has 2 heterocycles. The summed E-state index contributed by atoms with van der Waals surface area (Å²) in [5.41, 5.74) is 3.58. The number of Topliss-reactive ketones (excluding diaryl/α,β-unsaturated/α-hetero) is 1. The number of rotatable bonds is 6. The fourth-order valence-electron chi connectivity index (χ4n) is 3.93. The van der Waals surface area contributed by atoms with Crippen LogP contribution in [0.2, 0.25) is 0 Å². The van der Waals surface area contributed by atoms with Crippen LogP contribution >= 0.6 is 0 Å². The Morgan fingerprint density at radius 1 is 1.28 bits per heavy atom. The Morgan fingerprint density at radius 3 is 2.66 bits per heavy atom. The zero-order valence-electron chi connectivity index (χ0n) is 17.3. The van der Waals surface area contributed by atoms with E-state index in [1.165, 1.54) is 6.92 Å². The molecule has 1 aliphatic rings. The number of ketones is 1. The number of amides is 2. The third-order valence-electron chi connectivity index (χ3n) is 5.27. The molecule has 1 aromatic carbocycles. The van der Waals surface area contributed by atoms with Crippen molar-refractivity contribution in [3.63, 3.8) is 0 Å². The smallest absolute Gasteiger partial charge is 0.272 e. The second-order valence-corrected chi connectivity index (χ2v) is 7.23. The van der Waals surface area contributed by atoms with Crippen molar-refractivity contribution in [2.24, 2.45) is 0 Å². The minimum Gasteiger partial charge on any atom is -0.495 e. The Labute approximate surface area is 170 Å². The van der Waals surface area contributed by atoms with Crippen molar-refractivity contribution in [2.45, 2.75) is 46.5 Å². The van der Waals surface area contributed by atoms with Gasteiger partial charge in [-0.25, -0.2) is 0 Å². The zero-order chi connectivity index (χ0) is 21.1. The Hall–Kier alpha value is -3.09. The molecule has 0 radical (unpaired) electrons. The summed E-state index contributed by atoms with van der Waals surface area (Å²) in [5.74, 6) is 0.253. The molecule has 1 aliphatic heterocycles. The SMILES string of the molecule is CCc1c(C(=O)Nc2ccc(OC)c(N3CCCCC3=O)c2)[nH]c(C)c1C(C)=O.